The summed E-state index contributed by atoms with van der Waals surface area (Å²) in [4.78, 5) is 42.2. The molecular formula is C31H55O8P. The van der Waals surface area contributed by atoms with Crippen LogP contribution in [0.2, 0.25) is 0 Å². The molecule has 0 fully saturated rings. The quantitative estimate of drug-likeness (QED) is 0.0427. The van der Waals surface area contributed by atoms with Crippen molar-refractivity contribution in [2.75, 3.05) is 13.2 Å². The number of phosphoric ester groups is 1. The van der Waals surface area contributed by atoms with Crippen LogP contribution in [0, 0.1) is 0 Å². The van der Waals surface area contributed by atoms with Crippen LogP contribution in [0.4, 0.5) is 0 Å². The zero-order valence-electron chi connectivity index (χ0n) is 25.0. The van der Waals surface area contributed by atoms with Gasteiger partial charge in [-0.3, -0.25) is 14.1 Å². The first-order chi connectivity index (χ1) is 19.3. The van der Waals surface area contributed by atoms with Crippen LogP contribution < -0.4 is 0 Å². The number of allylic oxidation sites excluding steroid dienone is 6. The fourth-order valence-corrected chi connectivity index (χ4v) is 4.27. The van der Waals surface area contributed by atoms with Crippen LogP contribution in [0.25, 0.3) is 0 Å². The molecule has 0 spiro atoms. The Morgan fingerprint density at radius 3 is 1.80 bits per heavy atom. The summed E-state index contributed by atoms with van der Waals surface area (Å²) in [6.45, 7) is 3.47. The number of phosphoric acid groups is 1. The van der Waals surface area contributed by atoms with Crippen LogP contribution in [0.1, 0.15) is 129 Å². The molecule has 0 aliphatic heterocycles. The van der Waals surface area contributed by atoms with Crippen LogP contribution in [0.3, 0.4) is 0 Å². The lowest BCUT2D eigenvalue weighted by Gasteiger charge is -2.18. The monoisotopic (exact) mass is 586 g/mol. The van der Waals surface area contributed by atoms with Crippen molar-refractivity contribution < 1.29 is 37.9 Å². The highest BCUT2D eigenvalue weighted by Gasteiger charge is 2.22. The van der Waals surface area contributed by atoms with Crippen molar-refractivity contribution >= 4 is 19.8 Å². The highest BCUT2D eigenvalue weighted by atomic mass is 31.2. The van der Waals surface area contributed by atoms with Crippen molar-refractivity contribution in [2.45, 2.75) is 136 Å². The number of carbonyl (C=O) groups is 2. The SMILES string of the molecule is CC/C=C\C/C=C\C/C=C\CCCCCCCC(=O)OC(COC(=O)CCCCCCCCC)COP(=O)(O)O. The minimum absolute atomic E-state index is 0.193. The van der Waals surface area contributed by atoms with Crippen molar-refractivity contribution in [3.8, 4) is 0 Å². The van der Waals surface area contributed by atoms with Crippen LogP contribution in [-0.2, 0) is 28.2 Å². The predicted molar refractivity (Wildman–Crippen MR) is 161 cm³/mol. The number of hydrogen-bond acceptors (Lipinski definition) is 6. The van der Waals surface area contributed by atoms with Crippen LogP contribution in [-0.4, -0.2) is 41.0 Å². The number of hydrogen-bond donors (Lipinski definition) is 2. The lowest BCUT2D eigenvalue weighted by Crippen LogP contribution is -2.29. The molecule has 0 aromatic carbocycles. The van der Waals surface area contributed by atoms with Crippen molar-refractivity contribution in [1.29, 1.82) is 0 Å². The summed E-state index contributed by atoms with van der Waals surface area (Å²) in [5.74, 6) is -0.916. The zero-order chi connectivity index (χ0) is 29.7. The van der Waals surface area contributed by atoms with E-state index in [2.05, 4.69) is 54.8 Å². The van der Waals surface area contributed by atoms with Gasteiger partial charge in [0.25, 0.3) is 0 Å². The first kappa shape index (κ1) is 38.3. The highest BCUT2D eigenvalue weighted by molar-refractivity contribution is 7.46. The molecule has 9 heteroatoms. The fraction of sp³-hybridized carbons (Fsp3) is 0.742. The highest BCUT2D eigenvalue weighted by Crippen LogP contribution is 2.35. The molecule has 1 unspecified atom stereocenters. The Balaban J connectivity index is 4.07. The van der Waals surface area contributed by atoms with E-state index in [-0.39, 0.29) is 19.4 Å². The van der Waals surface area contributed by atoms with Crippen LogP contribution in [0.15, 0.2) is 36.5 Å². The Hall–Kier alpha value is -1.73. The van der Waals surface area contributed by atoms with E-state index >= 15 is 0 Å². The van der Waals surface area contributed by atoms with Gasteiger partial charge in [-0.05, 0) is 44.9 Å². The van der Waals surface area contributed by atoms with E-state index < -0.39 is 32.5 Å². The van der Waals surface area contributed by atoms with E-state index in [1.165, 1.54) is 19.3 Å². The van der Waals surface area contributed by atoms with Gasteiger partial charge < -0.3 is 19.3 Å². The van der Waals surface area contributed by atoms with Gasteiger partial charge in [-0.2, -0.15) is 0 Å². The van der Waals surface area contributed by atoms with Gasteiger partial charge >= 0.3 is 19.8 Å². The van der Waals surface area contributed by atoms with Crippen LogP contribution in [0.5, 0.6) is 0 Å². The van der Waals surface area contributed by atoms with Gasteiger partial charge in [-0.25, -0.2) is 4.57 Å². The molecule has 0 rings (SSSR count). The molecule has 0 aliphatic rings. The van der Waals surface area contributed by atoms with Crippen LogP contribution >= 0.6 is 7.82 Å². The molecule has 8 nitrogen and oxygen atoms in total. The van der Waals surface area contributed by atoms with Crippen molar-refractivity contribution in [1.82, 2.24) is 0 Å². The van der Waals surface area contributed by atoms with E-state index in [0.29, 0.717) is 6.42 Å². The third kappa shape index (κ3) is 29.3. The number of esters is 2. The maximum atomic E-state index is 12.2. The first-order valence-corrected chi connectivity index (χ1v) is 16.8. The van der Waals surface area contributed by atoms with Gasteiger partial charge in [-0.15, -0.1) is 0 Å². The molecule has 0 heterocycles. The first-order valence-electron chi connectivity index (χ1n) is 15.3. The largest absolute Gasteiger partial charge is 0.469 e. The molecule has 232 valence electrons. The minimum atomic E-state index is -4.74. The molecule has 0 aromatic heterocycles. The molecule has 0 saturated heterocycles. The summed E-state index contributed by atoms with van der Waals surface area (Å²) in [5, 5.41) is 0. The smallest absolute Gasteiger partial charge is 0.462 e. The summed E-state index contributed by atoms with van der Waals surface area (Å²) in [7, 11) is -4.74. The normalized spacial score (nSPS) is 13.0. The van der Waals surface area contributed by atoms with Gasteiger partial charge in [0.15, 0.2) is 6.10 Å². The average molecular weight is 587 g/mol. The Labute approximate surface area is 242 Å². The van der Waals surface area contributed by atoms with Gasteiger partial charge in [0.1, 0.15) is 6.61 Å². The van der Waals surface area contributed by atoms with E-state index in [1.807, 2.05) is 0 Å². The summed E-state index contributed by atoms with van der Waals surface area (Å²) in [6, 6.07) is 0. The van der Waals surface area contributed by atoms with E-state index in [0.717, 1.165) is 77.0 Å². The van der Waals surface area contributed by atoms with E-state index in [4.69, 9.17) is 19.3 Å². The van der Waals surface area contributed by atoms with Crippen molar-refractivity contribution in [3.05, 3.63) is 36.5 Å². The third-order valence-electron chi connectivity index (χ3n) is 6.17. The number of ether oxygens (including phenoxy) is 2. The summed E-state index contributed by atoms with van der Waals surface area (Å²) < 4.78 is 26.0. The summed E-state index contributed by atoms with van der Waals surface area (Å²) in [5.41, 5.74) is 0. The Morgan fingerprint density at radius 1 is 0.675 bits per heavy atom. The second-order valence-electron chi connectivity index (χ2n) is 10.1. The second kappa shape index (κ2) is 27.4. The maximum Gasteiger partial charge on any atom is 0.469 e. The van der Waals surface area contributed by atoms with Gasteiger partial charge in [0, 0.05) is 12.8 Å². The molecule has 0 amide bonds. The Kier molecular flexibility index (Phi) is 26.3. The fourth-order valence-electron chi connectivity index (χ4n) is 3.91. The zero-order valence-corrected chi connectivity index (χ0v) is 25.9. The molecule has 0 bridgehead atoms. The topological polar surface area (TPSA) is 119 Å². The Bertz CT molecular complexity index is 756. The Morgan fingerprint density at radius 2 is 1.20 bits per heavy atom. The number of rotatable bonds is 27. The molecule has 2 N–H and O–H groups in total. The molecule has 1 atom stereocenters. The lowest BCUT2D eigenvalue weighted by molar-refractivity contribution is -0.161. The van der Waals surface area contributed by atoms with E-state index in [9.17, 15) is 14.2 Å². The predicted octanol–water partition coefficient (Wildman–Crippen LogP) is 8.28. The molecule has 0 aliphatic carbocycles. The van der Waals surface area contributed by atoms with Gasteiger partial charge in [0.05, 0.1) is 6.61 Å². The van der Waals surface area contributed by atoms with Crippen molar-refractivity contribution in [3.63, 3.8) is 0 Å². The summed E-state index contributed by atoms with van der Waals surface area (Å²) >= 11 is 0. The molecular weight excluding hydrogens is 531 g/mol. The molecule has 0 radical (unpaired) electrons. The maximum absolute atomic E-state index is 12.2. The van der Waals surface area contributed by atoms with Crippen molar-refractivity contribution in [2.24, 2.45) is 0 Å². The third-order valence-corrected chi connectivity index (χ3v) is 6.66. The summed E-state index contributed by atoms with van der Waals surface area (Å²) in [6.07, 6.45) is 28.9. The molecule has 40 heavy (non-hydrogen) atoms. The number of unbranched alkanes of at least 4 members (excludes halogenated alkanes) is 11. The number of carbonyl (C=O) groups excluding carboxylic acids is 2. The molecule has 0 aromatic rings. The average Bonchev–Trinajstić information content (AvgIpc) is 2.91. The second-order valence-corrected chi connectivity index (χ2v) is 11.3. The van der Waals surface area contributed by atoms with Gasteiger partial charge in [-0.1, -0.05) is 108 Å². The standard InChI is InChI=1S/C31H55O8P/c1-3-5-7-9-11-12-13-14-15-16-17-18-20-22-24-26-31(33)39-29(28-38-40(34,35)36)27-37-30(32)25-23-21-19-10-8-6-4-2/h5,7,11-12,14-15,29H,3-4,6,8-10,13,16-28H2,1-2H3,(H2,34,35,36)/b7-5-,12-11-,15-14-. The van der Waals surface area contributed by atoms with E-state index in [1.54, 1.807) is 0 Å². The van der Waals surface area contributed by atoms with Gasteiger partial charge in [0.2, 0.25) is 0 Å². The minimum Gasteiger partial charge on any atom is -0.462 e. The molecule has 0 saturated carbocycles. The lowest BCUT2D eigenvalue weighted by atomic mass is 10.1.